The van der Waals surface area contributed by atoms with Crippen molar-refractivity contribution in [2.75, 3.05) is 12.3 Å². The number of carbonyl (C=O) groups is 1. The number of benzene rings is 3. The maximum atomic E-state index is 13.1. The molecule has 3 aromatic carbocycles. The largest absolute Gasteiger partial charge is 0.494 e. The maximum absolute atomic E-state index is 13.1. The summed E-state index contributed by atoms with van der Waals surface area (Å²) in [5.41, 5.74) is 10.1. The van der Waals surface area contributed by atoms with E-state index in [2.05, 4.69) is 31.2 Å². The normalized spacial score (nSPS) is 11.2. The van der Waals surface area contributed by atoms with Gasteiger partial charge in [0.25, 0.3) is 5.91 Å². The van der Waals surface area contributed by atoms with E-state index >= 15 is 0 Å². The number of ether oxygens (including phenoxy) is 1. The zero-order valence-corrected chi connectivity index (χ0v) is 18.6. The Balaban J connectivity index is 1.47. The van der Waals surface area contributed by atoms with Gasteiger partial charge in [0.15, 0.2) is 5.69 Å². The van der Waals surface area contributed by atoms with Crippen molar-refractivity contribution in [3.63, 3.8) is 0 Å². The van der Waals surface area contributed by atoms with Crippen molar-refractivity contribution in [1.82, 2.24) is 30.7 Å². The lowest BCUT2D eigenvalue weighted by Crippen LogP contribution is -2.19. The molecule has 0 atom stereocenters. The van der Waals surface area contributed by atoms with E-state index in [-0.39, 0.29) is 17.3 Å². The van der Waals surface area contributed by atoms with Gasteiger partial charge in [0, 0.05) is 5.56 Å². The van der Waals surface area contributed by atoms with Crippen LogP contribution in [0.25, 0.3) is 27.8 Å². The molecule has 0 aliphatic rings. The molecule has 0 bridgehead atoms. The van der Waals surface area contributed by atoms with Crippen LogP contribution in [0.2, 0.25) is 0 Å². The number of hydrogen-bond donors (Lipinski definition) is 2. The van der Waals surface area contributed by atoms with E-state index in [4.69, 9.17) is 15.1 Å². The molecule has 0 saturated carbocycles. The first-order valence-electron chi connectivity index (χ1n) is 10.7. The average Bonchev–Trinajstić information content (AvgIpc) is 3.50. The first-order valence-corrected chi connectivity index (χ1v) is 10.7. The monoisotopic (exact) mass is 468 g/mol. The number of nitrogens with two attached hydrogens (primary N) is 1. The highest BCUT2D eigenvalue weighted by Gasteiger charge is 2.25. The van der Waals surface area contributed by atoms with Crippen molar-refractivity contribution in [2.24, 2.45) is 5.10 Å². The molecular formula is C24H20N8O3. The minimum Gasteiger partial charge on any atom is -0.494 e. The summed E-state index contributed by atoms with van der Waals surface area (Å²) in [6.45, 7) is 2.37. The summed E-state index contributed by atoms with van der Waals surface area (Å²) in [6, 6.07) is 21.0. The topological polar surface area (TPSA) is 146 Å². The average molecular weight is 468 g/mol. The first kappa shape index (κ1) is 21.8. The molecule has 3 N–H and O–H groups in total. The fourth-order valence-corrected chi connectivity index (χ4v) is 3.59. The number of hydrazone groups is 1. The molecule has 35 heavy (non-hydrogen) atoms. The second-order valence-electron chi connectivity index (χ2n) is 7.44. The highest BCUT2D eigenvalue weighted by molar-refractivity contribution is 5.99. The smallest absolute Gasteiger partial charge is 0.294 e. The molecule has 11 heteroatoms. The summed E-state index contributed by atoms with van der Waals surface area (Å²) < 4.78 is 11.6. The molecule has 0 radical (unpaired) electrons. The summed E-state index contributed by atoms with van der Waals surface area (Å²) in [5.74, 6) is 0.149. The Hall–Kier alpha value is -5.06. The van der Waals surface area contributed by atoms with Gasteiger partial charge in [-0.25, -0.2) is 10.1 Å². The Labute approximate surface area is 199 Å². The predicted octanol–water partition coefficient (Wildman–Crippen LogP) is 3.22. The standard InChI is InChI=1S/C24H20N8O3/c1-2-34-19-9-5-8-18(13-19)21-20(27-31-32(21)23-22(25)29-35-30-23)24(33)28-26-14-15-10-11-16-6-3-4-7-17(16)12-15/h3-14H,2H2,1H3,(H2,25,29)(H,28,33)/b26-14-. The van der Waals surface area contributed by atoms with Gasteiger partial charge in [-0.2, -0.15) is 9.78 Å². The SMILES string of the molecule is CCOc1cccc(-c2c(C(=O)N/N=C\c3ccc4ccccc4c3)nnn2-c2nonc2N)c1. The van der Waals surface area contributed by atoms with Gasteiger partial charge in [0.2, 0.25) is 11.6 Å². The Kier molecular flexibility index (Phi) is 5.87. The van der Waals surface area contributed by atoms with Gasteiger partial charge in [-0.05, 0) is 51.8 Å². The predicted molar refractivity (Wildman–Crippen MR) is 129 cm³/mol. The van der Waals surface area contributed by atoms with Crippen LogP contribution in [0.1, 0.15) is 23.0 Å². The fourth-order valence-electron chi connectivity index (χ4n) is 3.59. The number of nitrogens with one attached hydrogen (secondary N) is 1. The molecule has 0 fully saturated rings. The number of fused-ring (bicyclic) bond motifs is 1. The van der Waals surface area contributed by atoms with Crippen molar-refractivity contribution in [3.8, 4) is 22.8 Å². The van der Waals surface area contributed by atoms with Crippen LogP contribution in [0, 0.1) is 0 Å². The van der Waals surface area contributed by atoms with Crippen molar-refractivity contribution in [3.05, 3.63) is 78.0 Å². The van der Waals surface area contributed by atoms with Gasteiger partial charge < -0.3 is 10.5 Å². The molecule has 174 valence electrons. The second-order valence-corrected chi connectivity index (χ2v) is 7.44. The molecule has 5 rings (SSSR count). The fraction of sp³-hybridized carbons (Fsp3) is 0.0833. The third-order valence-corrected chi connectivity index (χ3v) is 5.15. The molecule has 0 aliphatic carbocycles. The van der Waals surface area contributed by atoms with Crippen LogP contribution in [0.5, 0.6) is 5.75 Å². The molecular weight excluding hydrogens is 448 g/mol. The highest BCUT2D eigenvalue weighted by Crippen LogP contribution is 2.29. The molecule has 0 spiro atoms. The van der Waals surface area contributed by atoms with Gasteiger partial charge >= 0.3 is 0 Å². The van der Waals surface area contributed by atoms with Crippen LogP contribution in [-0.4, -0.2) is 44.0 Å². The van der Waals surface area contributed by atoms with Crippen molar-refractivity contribution >= 4 is 28.7 Å². The first-order chi connectivity index (χ1) is 17.1. The summed E-state index contributed by atoms with van der Waals surface area (Å²) >= 11 is 0. The van der Waals surface area contributed by atoms with E-state index in [1.807, 2.05) is 49.4 Å². The van der Waals surface area contributed by atoms with Gasteiger partial charge in [0.1, 0.15) is 11.4 Å². The summed E-state index contributed by atoms with van der Waals surface area (Å²) in [6.07, 6.45) is 1.56. The van der Waals surface area contributed by atoms with E-state index in [9.17, 15) is 4.79 Å². The molecule has 0 saturated heterocycles. The number of aromatic nitrogens is 5. The quantitative estimate of drug-likeness (QED) is 0.273. The zero-order chi connectivity index (χ0) is 24.2. The number of amides is 1. The lowest BCUT2D eigenvalue weighted by Gasteiger charge is -2.08. The second kappa shape index (κ2) is 9.43. The maximum Gasteiger partial charge on any atom is 0.294 e. The third-order valence-electron chi connectivity index (χ3n) is 5.15. The van der Waals surface area contributed by atoms with Crippen LogP contribution in [-0.2, 0) is 0 Å². The van der Waals surface area contributed by atoms with E-state index in [1.54, 1.807) is 30.5 Å². The van der Waals surface area contributed by atoms with E-state index in [0.717, 1.165) is 16.3 Å². The van der Waals surface area contributed by atoms with Gasteiger partial charge in [-0.1, -0.05) is 53.7 Å². The number of nitrogen functional groups attached to an aromatic ring is 1. The van der Waals surface area contributed by atoms with Crippen LogP contribution in [0.4, 0.5) is 5.82 Å². The van der Waals surface area contributed by atoms with Gasteiger partial charge in [-0.15, -0.1) is 5.10 Å². The van der Waals surface area contributed by atoms with Gasteiger partial charge in [-0.3, -0.25) is 4.79 Å². The molecule has 0 unspecified atom stereocenters. The Morgan fingerprint density at radius 3 is 2.77 bits per heavy atom. The number of carbonyl (C=O) groups excluding carboxylic acids is 1. The molecule has 2 aromatic heterocycles. The van der Waals surface area contributed by atoms with Crippen molar-refractivity contribution in [2.45, 2.75) is 6.92 Å². The Morgan fingerprint density at radius 1 is 1.11 bits per heavy atom. The van der Waals surface area contributed by atoms with Crippen LogP contribution >= 0.6 is 0 Å². The third kappa shape index (κ3) is 4.42. The number of nitrogens with zero attached hydrogens (tertiary/aromatic N) is 6. The molecule has 5 aromatic rings. The minimum atomic E-state index is -0.569. The molecule has 1 amide bonds. The molecule has 0 aliphatic heterocycles. The number of rotatable bonds is 7. The van der Waals surface area contributed by atoms with E-state index < -0.39 is 5.91 Å². The van der Waals surface area contributed by atoms with Crippen LogP contribution < -0.4 is 15.9 Å². The minimum absolute atomic E-state index is 0.00149. The summed E-state index contributed by atoms with van der Waals surface area (Å²) in [4.78, 5) is 13.1. The van der Waals surface area contributed by atoms with Crippen molar-refractivity contribution < 1.29 is 14.2 Å². The molecule has 2 heterocycles. The zero-order valence-electron chi connectivity index (χ0n) is 18.6. The van der Waals surface area contributed by atoms with E-state index in [1.165, 1.54) is 4.68 Å². The summed E-state index contributed by atoms with van der Waals surface area (Å²) in [7, 11) is 0. The Bertz CT molecular complexity index is 1540. The highest BCUT2D eigenvalue weighted by atomic mass is 16.6. The number of anilines is 1. The van der Waals surface area contributed by atoms with Crippen molar-refractivity contribution in [1.29, 1.82) is 0 Å². The summed E-state index contributed by atoms with van der Waals surface area (Å²) in [5, 5.41) is 21.8. The van der Waals surface area contributed by atoms with Crippen LogP contribution in [0.15, 0.2) is 76.5 Å². The van der Waals surface area contributed by atoms with Gasteiger partial charge in [0.05, 0.1) is 12.8 Å². The number of hydrogen-bond acceptors (Lipinski definition) is 9. The van der Waals surface area contributed by atoms with E-state index in [0.29, 0.717) is 23.6 Å². The Morgan fingerprint density at radius 2 is 1.97 bits per heavy atom. The lowest BCUT2D eigenvalue weighted by molar-refractivity contribution is 0.0950. The molecule has 11 nitrogen and oxygen atoms in total. The van der Waals surface area contributed by atoms with Crippen LogP contribution in [0.3, 0.4) is 0 Å². The lowest BCUT2D eigenvalue weighted by atomic mass is 10.1.